The second kappa shape index (κ2) is 6.05. The topological polar surface area (TPSA) is 108 Å². The number of hydrogen-bond acceptors (Lipinski definition) is 6. The minimum Gasteiger partial charge on any atom is -0.448 e. The molecule has 2 amide bonds. The van der Waals surface area contributed by atoms with Crippen molar-refractivity contribution < 1.29 is 19.1 Å². The molecule has 1 aliphatic heterocycles. The van der Waals surface area contributed by atoms with Crippen LogP contribution >= 0.6 is 0 Å². The normalized spacial score (nSPS) is 29.4. The molecular weight excluding hydrogens is 288 g/mol. The fourth-order valence-electron chi connectivity index (χ4n) is 3.17. The Hall–Kier alpha value is -1.93. The maximum absolute atomic E-state index is 12.1. The van der Waals surface area contributed by atoms with Crippen LogP contribution in [0.15, 0.2) is 10.7 Å². The summed E-state index contributed by atoms with van der Waals surface area (Å²) in [7, 11) is 0. The number of rotatable bonds is 3. The number of nitrogens with one attached hydrogen (secondary N) is 2. The molecule has 22 heavy (non-hydrogen) atoms. The average Bonchev–Trinajstić information content (AvgIpc) is 3.06. The molecule has 8 heteroatoms. The van der Waals surface area contributed by atoms with Gasteiger partial charge in [0.25, 0.3) is 5.91 Å². The van der Waals surface area contributed by atoms with Gasteiger partial charge >= 0.3 is 0 Å². The first kappa shape index (κ1) is 15.0. The maximum Gasteiger partial charge on any atom is 0.273 e. The Bertz CT molecular complexity index is 573. The summed E-state index contributed by atoms with van der Waals surface area (Å²) in [6.45, 7) is 3.28. The van der Waals surface area contributed by atoms with Crippen LogP contribution in [0.5, 0.6) is 0 Å². The molecule has 0 spiro atoms. The van der Waals surface area contributed by atoms with Gasteiger partial charge in [-0.2, -0.15) is 0 Å². The summed E-state index contributed by atoms with van der Waals surface area (Å²) in [6, 6.07) is -0.435. The van der Waals surface area contributed by atoms with Gasteiger partial charge in [0.1, 0.15) is 6.26 Å². The second-order valence-corrected chi connectivity index (χ2v) is 5.79. The standard InChI is InChI=1S/C14H20N4O4/c1-8-16-10(7-22-8)14(21)17-9-2-3-11(13(9)20)18-5-4-15-12(19)6-18/h7,9,11,13,20H,2-6H2,1H3,(H,15,19)(H,17,21)/t9-,11-,13-/m1/s1. The number of carbonyl (C=O) groups is 2. The summed E-state index contributed by atoms with van der Waals surface area (Å²) in [5.74, 6) is 0.0521. The third kappa shape index (κ3) is 2.97. The van der Waals surface area contributed by atoms with Crippen molar-refractivity contribution in [3.63, 3.8) is 0 Å². The first-order valence-electron chi connectivity index (χ1n) is 7.46. The van der Waals surface area contributed by atoms with E-state index in [-0.39, 0.29) is 29.6 Å². The number of amides is 2. The van der Waals surface area contributed by atoms with Crippen molar-refractivity contribution in [1.29, 1.82) is 0 Å². The van der Waals surface area contributed by atoms with E-state index < -0.39 is 6.10 Å². The van der Waals surface area contributed by atoms with E-state index in [1.165, 1.54) is 6.26 Å². The van der Waals surface area contributed by atoms with Crippen LogP contribution in [-0.4, -0.2) is 64.6 Å². The Labute approximate surface area is 127 Å². The van der Waals surface area contributed by atoms with Crippen molar-refractivity contribution in [3.8, 4) is 0 Å². The Kier molecular flexibility index (Phi) is 4.12. The molecule has 8 nitrogen and oxygen atoms in total. The molecular formula is C14H20N4O4. The molecule has 3 N–H and O–H groups in total. The van der Waals surface area contributed by atoms with Crippen molar-refractivity contribution >= 4 is 11.8 Å². The molecule has 120 valence electrons. The van der Waals surface area contributed by atoms with Gasteiger partial charge in [-0.3, -0.25) is 14.5 Å². The van der Waals surface area contributed by atoms with Gasteiger partial charge < -0.3 is 20.2 Å². The van der Waals surface area contributed by atoms with Crippen molar-refractivity contribution in [2.75, 3.05) is 19.6 Å². The molecule has 1 saturated heterocycles. The molecule has 0 bridgehead atoms. The van der Waals surface area contributed by atoms with Crippen LogP contribution in [0.25, 0.3) is 0 Å². The minimum absolute atomic E-state index is 0.0241. The zero-order valence-electron chi connectivity index (χ0n) is 12.4. The molecule has 1 aromatic heterocycles. The summed E-state index contributed by atoms with van der Waals surface area (Å²) >= 11 is 0. The van der Waals surface area contributed by atoms with Gasteiger partial charge in [-0.1, -0.05) is 0 Å². The van der Waals surface area contributed by atoms with Gasteiger partial charge in [-0.25, -0.2) is 4.98 Å². The monoisotopic (exact) mass is 308 g/mol. The highest BCUT2D eigenvalue weighted by molar-refractivity contribution is 5.92. The number of aryl methyl sites for hydroxylation is 1. The summed E-state index contributed by atoms with van der Waals surface area (Å²) < 4.78 is 5.02. The smallest absolute Gasteiger partial charge is 0.273 e. The van der Waals surface area contributed by atoms with E-state index in [0.29, 0.717) is 25.4 Å². The van der Waals surface area contributed by atoms with Crippen molar-refractivity contribution in [2.24, 2.45) is 0 Å². The van der Waals surface area contributed by atoms with Crippen LogP contribution in [0, 0.1) is 6.92 Å². The molecule has 3 rings (SSSR count). The van der Waals surface area contributed by atoms with Crippen molar-refractivity contribution in [1.82, 2.24) is 20.5 Å². The van der Waals surface area contributed by atoms with Gasteiger partial charge in [0.15, 0.2) is 11.6 Å². The molecule has 3 atom stereocenters. The zero-order chi connectivity index (χ0) is 15.7. The lowest BCUT2D eigenvalue weighted by Crippen LogP contribution is -2.55. The van der Waals surface area contributed by atoms with E-state index in [4.69, 9.17) is 4.42 Å². The molecule has 0 radical (unpaired) electrons. The lowest BCUT2D eigenvalue weighted by molar-refractivity contribution is -0.125. The first-order chi connectivity index (χ1) is 10.5. The zero-order valence-corrected chi connectivity index (χ0v) is 12.4. The lowest BCUT2D eigenvalue weighted by atomic mass is 10.1. The van der Waals surface area contributed by atoms with Crippen LogP contribution in [-0.2, 0) is 4.79 Å². The van der Waals surface area contributed by atoms with E-state index in [1.54, 1.807) is 6.92 Å². The van der Waals surface area contributed by atoms with Crippen LogP contribution in [0.2, 0.25) is 0 Å². The molecule has 1 aliphatic carbocycles. The molecule has 0 unspecified atom stereocenters. The Morgan fingerprint density at radius 3 is 3.05 bits per heavy atom. The SMILES string of the molecule is Cc1nc(C(=O)N[C@@H]2CC[C@@H](N3CCNC(=O)C3)[C@@H]2O)co1. The molecule has 2 aliphatic rings. The van der Waals surface area contributed by atoms with E-state index in [0.717, 1.165) is 13.0 Å². The van der Waals surface area contributed by atoms with Crippen LogP contribution in [0.1, 0.15) is 29.2 Å². The number of nitrogens with zero attached hydrogens (tertiary/aromatic N) is 2. The number of hydrogen-bond donors (Lipinski definition) is 3. The fraction of sp³-hybridized carbons (Fsp3) is 0.643. The highest BCUT2D eigenvalue weighted by atomic mass is 16.3. The number of carbonyl (C=O) groups excluding carboxylic acids is 2. The summed E-state index contributed by atoms with van der Waals surface area (Å²) in [4.78, 5) is 29.5. The van der Waals surface area contributed by atoms with Crippen LogP contribution < -0.4 is 10.6 Å². The number of piperazine rings is 1. The van der Waals surface area contributed by atoms with Crippen molar-refractivity contribution in [3.05, 3.63) is 17.8 Å². The predicted molar refractivity (Wildman–Crippen MR) is 76.1 cm³/mol. The number of aliphatic hydroxyl groups excluding tert-OH is 1. The van der Waals surface area contributed by atoms with Gasteiger partial charge in [0.2, 0.25) is 5.91 Å². The Morgan fingerprint density at radius 1 is 1.55 bits per heavy atom. The van der Waals surface area contributed by atoms with Crippen molar-refractivity contribution in [2.45, 2.75) is 38.0 Å². The Morgan fingerprint density at radius 2 is 2.36 bits per heavy atom. The number of aromatic nitrogens is 1. The third-order valence-corrected chi connectivity index (χ3v) is 4.28. The molecule has 0 aromatic carbocycles. The van der Waals surface area contributed by atoms with E-state index in [2.05, 4.69) is 15.6 Å². The van der Waals surface area contributed by atoms with E-state index in [9.17, 15) is 14.7 Å². The Balaban J connectivity index is 1.60. The van der Waals surface area contributed by atoms with Gasteiger partial charge in [0, 0.05) is 26.1 Å². The second-order valence-electron chi connectivity index (χ2n) is 5.79. The largest absolute Gasteiger partial charge is 0.448 e. The molecule has 2 fully saturated rings. The lowest BCUT2D eigenvalue weighted by Gasteiger charge is -2.34. The maximum atomic E-state index is 12.1. The summed E-state index contributed by atoms with van der Waals surface area (Å²) in [5.41, 5.74) is 0.213. The van der Waals surface area contributed by atoms with Crippen LogP contribution in [0.4, 0.5) is 0 Å². The summed E-state index contributed by atoms with van der Waals surface area (Å²) in [5, 5.41) is 16.0. The third-order valence-electron chi connectivity index (χ3n) is 4.28. The quantitative estimate of drug-likeness (QED) is 0.663. The fourth-order valence-corrected chi connectivity index (χ4v) is 3.17. The first-order valence-corrected chi connectivity index (χ1v) is 7.46. The molecule has 1 saturated carbocycles. The highest BCUT2D eigenvalue weighted by Crippen LogP contribution is 2.25. The predicted octanol–water partition coefficient (Wildman–Crippen LogP) is -0.963. The van der Waals surface area contributed by atoms with Crippen LogP contribution in [0.3, 0.4) is 0 Å². The summed E-state index contributed by atoms with van der Waals surface area (Å²) in [6.07, 6.45) is 2.03. The molecule has 2 heterocycles. The average molecular weight is 308 g/mol. The van der Waals surface area contributed by atoms with E-state index in [1.807, 2.05) is 4.90 Å². The van der Waals surface area contributed by atoms with Gasteiger partial charge in [-0.05, 0) is 12.8 Å². The molecule has 1 aromatic rings. The minimum atomic E-state index is -0.692. The van der Waals surface area contributed by atoms with Gasteiger partial charge in [-0.15, -0.1) is 0 Å². The van der Waals surface area contributed by atoms with E-state index >= 15 is 0 Å². The highest BCUT2D eigenvalue weighted by Gasteiger charge is 2.40. The van der Waals surface area contributed by atoms with Gasteiger partial charge in [0.05, 0.1) is 18.7 Å². The number of oxazole rings is 1. The number of aliphatic hydroxyl groups is 1.